The lowest BCUT2D eigenvalue weighted by atomic mass is 9.92. The lowest BCUT2D eigenvalue weighted by Gasteiger charge is -2.18. The molecule has 0 amide bonds. The first kappa shape index (κ1) is 12.6. The van der Waals surface area contributed by atoms with E-state index >= 15 is 0 Å². The van der Waals surface area contributed by atoms with E-state index in [1.807, 2.05) is 0 Å². The maximum absolute atomic E-state index is 3.50. The van der Waals surface area contributed by atoms with Crippen LogP contribution in [0.5, 0.6) is 0 Å². The predicted octanol–water partition coefficient (Wildman–Crippen LogP) is 4.61. The molecule has 0 aliphatic heterocycles. The standard InChI is InChI=1S/C13H20BrN/c1-10-7-11(14)9-12(8-10)15-6-5-13(2,3)4/h7-9,15H,5-6H2,1-4H3. The van der Waals surface area contributed by atoms with Gasteiger partial charge in [-0.2, -0.15) is 0 Å². The molecule has 2 heteroatoms. The Morgan fingerprint density at radius 2 is 1.87 bits per heavy atom. The second-order valence-corrected chi connectivity index (χ2v) is 6.17. The molecular formula is C13H20BrN. The molecule has 1 rings (SSSR count). The second kappa shape index (κ2) is 5.02. The molecule has 0 saturated carbocycles. The highest BCUT2D eigenvalue weighted by Gasteiger charge is 2.08. The predicted molar refractivity (Wildman–Crippen MR) is 71.4 cm³/mol. The first-order valence-electron chi connectivity index (χ1n) is 5.38. The highest BCUT2D eigenvalue weighted by Crippen LogP contribution is 2.21. The minimum absolute atomic E-state index is 0.397. The highest BCUT2D eigenvalue weighted by atomic mass is 79.9. The van der Waals surface area contributed by atoms with E-state index in [0.717, 1.165) is 11.0 Å². The van der Waals surface area contributed by atoms with Gasteiger partial charge < -0.3 is 5.32 Å². The topological polar surface area (TPSA) is 12.0 Å². The molecule has 1 aromatic carbocycles. The molecule has 84 valence electrons. The summed E-state index contributed by atoms with van der Waals surface area (Å²) in [5.74, 6) is 0. The Bertz CT molecular complexity index is 306. The monoisotopic (exact) mass is 269 g/mol. The van der Waals surface area contributed by atoms with Crippen molar-refractivity contribution in [2.45, 2.75) is 34.1 Å². The van der Waals surface area contributed by atoms with Gasteiger partial charge in [-0.15, -0.1) is 0 Å². The van der Waals surface area contributed by atoms with Crippen LogP contribution in [-0.4, -0.2) is 6.54 Å². The molecule has 0 aliphatic rings. The summed E-state index contributed by atoms with van der Waals surface area (Å²) in [5.41, 5.74) is 2.88. The van der Waals surface area contributed by atoms with Crippen LogP contribution in [0.1, 0.15) is 32.8 Å². The van der Waals surface area contributed by atoms with Gasteiger partial charge >= 0.3 is 0 Å². The van der Waals surface area contributed by atoms with Gasteiger partial charge in [-0.1, -0.05) is 36.7 Å². The molecule has 0 radical (unpaired) electrons. The molecule has 0 spiro atoms. The molecular weight excluding hydrogens is 250 g/mol. The van der Waals surface area contributed by atoms with Crippen LogP contribution in [0, 0.1) is 12.3 Å². The zero-order valence-electron chi connectivity index (χ0n) is 10.0. The van der Waals surface area contributed by atoms with Gasteiger partial charge in [0.15, 0.2) is 0 Å². The van der Waals surface area contributed by atoms with Gasteiger partial charge in [0, 0.05) is 16.7 Å². The first-order valence-corrected chi connectivity index (χ1v) is 6.17. The summed E-state index contributed by atoms with van der Waals surface area (Å²) in [4.78, 5) is 0. The minimum atomic E-state index is 0.397. The van der Waals surface area contributed by atoms with Crippen molar-refractivity contribution < 1.29 is 0 Å². The van der Waals surface area contributed by atoms with Crippen LogP contribution >= 0.6 is 15.9 Å². The average Bonchev–Trinajstić information content (AvgIpc) is 1.99. The van der Waals surface area contributed by atoms with Crippen molar-refractivity contribution in [1.29, 1.82) is 0 Å². The van der Waals surface area contributed by atoms with Gasteiger partial charge in [0.25, 0.3) is 0 Å². The fraction of sp³-hybridized carbons (Fsp3) is 0.538. The molecule has 0 fully saturated rings. The average molecular weight is 270 g/mol. The number of hydrogen-bond acceptors (Lipinski definition) is 1. The molecule has 0 aromatic heterocycles. The van der Waals surface area contributed by atoms with Crippen molar-refractivity contribution in [3.8, 4) is 0 Å². The van der Waals surface area contributed by atoms with Crippen LogP contribution in [0.15, 0.2) is 22.7 Å². The molecule has 0 saturated heterocycles. The molecule has 0 heterocycles. The van der Waals surface area contributed by atoms with Gasteiger partial charge in [-0.3, -0.25) is 0 Å². The van der Waals surface area contributed by atoms with Gasteiger partial charge in [0.1, 0.15) is 0 Å². The Hall–Kier alpha value is -0.500. The fourth-order valence-corrected chi connectivity index (χ4v) is 2.03. The summed E-state index contributed by atoms with van der Waals surface area (Å²) >= 11 is 3.50. The third-order valence-corrected chi connectivity index (χ3v) is 2.70. The number of aryl methyl sites for hydroxylation is 1. The molecule has 1 aromatic rings. The Morgan fingerprint density at radius 3 is 2.40 bits per heavy atom. The van der Waals surface area contributed by atoms with Crippen molar-refractivity contribution in [3.63, 3.8) is 0 Å². The van der Waals surface area contributed by atoms with Crippen molar-refractivity contribution in [2.24, 2.45) is 5.41 Å². The van der Waals surface area contributed by atoms with E-state index in [4.69, 9.17) is 0 Å². The molecule has 0 unspecified atom stereocenters. The zero-order chi connectivity index (χ0) is 11.5. The minimum Gasteiger partial charge on any atom is -0.385 e. The van der Waals surface area contributed by atoms with E-state index in [9.17, 15) is 0 Å². The maximum Gasteiger partial charge on any atom is 0.0354 e. The Labute approximate surface area is 101 Å². The van der Waals surface area contributed by atoms with E-state index in [1.54, 1.807) is 0 Å². The number of halogens is 1. The summed E-state index contributed by atoms with van der Waals surface area (Å²) in [6.45, 7) is 9.93. The van der Waals surface area contributed by atoms with E-state index in [1.165, 1.54) is 17.7 Å². The summed E-state index contributed by atoms with van der Waals surface area (Å²) < 4.78 is 1.14. The van der Waals surface area contributed by atoms with Gasteiger partial charge in [0.05, 0.1) is 0 Å². The molecule has 0 atom stereocenters. The lowest BCUT2D eigenvalue weighted by Crippen LogP contribution is -2.12. The van der Waals surface area contributed by atoms with Gasteiger partial charge in [-0.25, -0.2) is 0 Å². The number of rotatable bonds is 3. The lowest BCUT2D eigenvalue weighted by molar-refractivity contribution is 0.390. The van der Waals surface area contributed by atoms with Crippen LogP contribution in [0.4, 0.5) is 5.69 Å². The molecule has 0 aliphatic carbocycles. The molecule has 1 nitrogen and oxygen atoms in total. The van der Waals surface area contributed by atoms with E-state index in [2.05, 4.69) is 67.1 Å². The molecule has 15 heavy (non-hydrogen) atoms. The maximum atomic E-state index is 3.50. The van der Waals surface area contributed by atoms with Crippen molar-refractivity contribution >= 4 is 21.6 Å². The normalized spacial score (nSPS) is 11.5. The Kier molecular flexibility index (Phi) is 4.21. The number of anilines is 1. The quantitative estimate of drug-likeness (QED) is 0.846. The van der Waals surface area contributed by atoms with Crippen LogP contribution in [0.25, 0.3) is 0 Å². The number of hydrogen-bond donors (Lipinski definition) is 1. The number of nitrogens with one attached hydrogen (secondary N) is 1. The highest BCUT2D eigenvalue weighted by molar-refractivity contribution is 9.10. The fourth-order valence-electron chi connectivity index (χ4n) is 1.42. The van der Waals surface area contributed by atoms with E-state index in [-0.39, 0.29) is 0 Å². The van der Waals surface area contributed by atoms with Crippen LogP contribution in [-0.2, 0) is 0 Å². The van der Waals surface area contributed by atoms with Crippen LogP contribution < -0.4 is 5.32 Å². The van der Waals surface area contributed by atoms with Gasteiger partial charge in [0.2, 0.25) is 0 Å². The summed E-state index contributed by atoms with van der Waals surface area (Å²) in [6.07, 6.45) is 1.18. The molecule has 1 N–H and O–H groups in total. The summed E-state index contributed by atoms with van der Waals surface area (Å²) in [6, 6.07) is 6.41. The second-order valence-electron chi connectivity index (χ2n) is 5.25. The molecule has 0 bridgehead atoms. The van der Waals surface area contributed by atoms with Crippen molar-refractivity contribution in [1.82, 2.24) is 0 Å². The van der Waals surface area contributed by atoms with Crippen LogP contribution in [0.2, 0.25) is 0 Å². The van der Waals surface area contributed by atoms with Crippen molar-refractivity contribution in [2.75, 3.05) is 11.9 Å². The van der Waals surface area contributed by atoms with E-state index < -0.39 is 0 Å². The first-order chi connectivity index (χ1) is 6.87. The van der Waals surface area contributed by atoms with E-state index in [0.29, 0.717) is 5.41 Å². The van der Waals surface area contributed by atoms with Crippen molar-refractivity contribution in [3.05, 3.63) is 28.2 Å². The Balaban J connectivity index is 2.51. The zero-order valence-corrected chi connectivity index (χ0v) is 11.6. The SMILES string of the molecule is Cc1cc(Br)cc(NCCC(C)(C)C)c1. The number of benzene rings is 1. The Morgan fingerprint density at radius 1 is 1.20 bits per heavy atom. The summed E-state index contributed by atoms with van der Waals surface area (Å²) in [5, 5.41) is 3.45. The largest absolute Gasteiger partial charge is 0.385 e. The smallest absolute Gasteiger partial charge is 0.0354 e. The summed E-state index contributed by atoms with van der Waals surface area (Å²) in [7, 11) is 0. The van der Waals surface area contributed by atoms with Gasteiger partial charge in [-0.05, 0) is 42.5 Å². The third kappa shape index (κ3) is 5.22. The third-order valence-electron chi connectivity index (χ3n) is 2.25. The van der Waals surface area contributed by atoms with Crippen LogP contribution in [0.3, 0.4) is 0 Å².